The van der Waals surface area contributed by atoms with E-state index in [0.29, 0.717) is 53.6 Å². The lowest BCUT2D eigenvalue weighted by atomic mass is 9.82. The van der Waals surface area contributed by atoms with Gasteiger partial charge < -0.3 is 25.2 Å². The number of nitrogens with one attached hydrogen (secondary N) is 2. The molecule has 2 aromatic rings. The first-order chi connectivity index (χ1) is 16.8. The van der Waals surface area contributed by atoms with Crippen molar-refractivity contribution in [1.29, 1.82) is 0 Å². The second kappa shape index (κ2) is 12.7. The number of carboxylic acid groups (broad SMARTS) is 1. The number of ether oxygens (including phenoxy) is 2. The number of methoxy groups -OCH3 is 1. The first-order valence-corrected chi connectivity index (χ1v) is 12.2. The number of rotatable bonds is 11. The van der Waals surface area contributed by atoms with Crippen LogP contribution in [0.4, 0.5) is 10.1 Å². The lowest BCUT2D eigenvalue weighted by Crippen LogP contribution is -2.32. The predicted molar refractivity (Wildman–Crippen MR) is 133 cm³/mol. The molecule has 3 N–H and O–H groups in total. The van der Waals surface area contributed by atoms with E-state index in [-0.39, 0.29) is 24.3 Å². The van der Waals surface area contributed by atoms with Crippen LogP contribution >= 0.6 is 11.6 Å². The summed E-state index contributed by atoms with van der Waals surface area (Å²) in [6.07, 6.45) is 2.85. The van der Waals surface area contributed by atoms with Gasteiger partial charge in [0.25, 0.3) is 5.91 Å². The zero-order chi connectivity index (χ0) is 25.4. The minimum Gasteiger partial charge on any atom is -0.496 e. The van der Waals surface area contributed by atoms with Crippen molar-refractivity contribution < 1.29 is 28.6 Å². The molecule has 1 aliphatic rings. The number of carbonyl (C=O) groups is 2. The van der Waals surface area contributed by atoms with Crippen molar-refractivity contribution in [3.05, 3.63) is 58.4 Å². The first kappa shape index (κ1) is 26.8. The van der Waals surface area contributed by atoms with E-state index in [9.17, 15) is 14.0 Å². The predicted octanol–water partition coefficient (Wildman–Crippen LogP) is 5.30. The van der Waals surface area contributed by atoms with Gasteiger partial charge in [0.05, 0.1) is 36.4 Å². The number of aliphatic carboxylic acids is 1. The molecule has 190 valence electrons. The zero-order valence-electron chi connectivity index (χ0n) is 20.0. The summed E-state index contributed by atoms with van der Waals surface area (Å²) in [6.45, 7) is 3.12. The summed E-state index contributed by atoms with van der Waals surface area (Å²) >= 11 is 6.49. The molecule has 2 aromatic carbocycles. The molecule has 0 aliphatic heterocycles. The Morgan fingerprint density at radius 3 is 2.54 bits per heavy atom. The van der Waals surface area contributed by atoms with Crippen LogP contribution in [0.3, 0.4) is 0 Å². The molecule has 0 spiro atoms. The molecular formula is C26H32ClFN2O5. The van der Waals surface area contributed by atoms with E-state index in [1.54, 1.807) is 24.3 Å². The molecule has 1 aliphatic carbocycles. The van der Waals surface area contributed by atoms with Crippen LogP contribution in [0.25, 0.3) is 0 Å². The first-order valence-electron chi connectivity index (χ1n) is 11.8. The molecule has 0 radical (unpaired) electrons. The summed E-state index contributed by atoms with van der Waals surface area (Å²) < 4.78 is 25.0. The van der Waals surface area contributed by atoms with Crippen LogP contribution in [0, 0.1) is 17.7 Å². The summed E-state index contributed by atoms with van der Waals surface area (Å²) in [4.78, 5) is 23.8. The SMILES string of the molecule is CCOCC(Nc1ccc(C(=O)NCC2CCC(C(=O)O)CC2)cc1Cl)c1cc(F)ccc1OC. The summed E-state index contributed by atoms with van der Waals surface area (Å²) in [6, 6.07) is 8.83. The molecule has 0 aromatic heterocycles. The standard InChI is InChI=1S/C26H32ClFN2O5/c1-3-35-15-23(20-13-19(28)9-11-24(20)34-2)30-22-10-8-18(12-21(22)27)25(31)29-14-16-4-6-17(7-5-16)26(32)33/h8-13,16-17,23,30H,3-7,14-15H2,1-2H3,(H,29,31)(H,32,33). The van der Waals surface area contributed by atoms with Crippen LogP contribution in [0.15, 0.2) is 36.4 Å². The second-order valence-electron chi connectivity index (χ2n) is 8.70. The Balaban J connectivity index is 1.65. The maximum Gasteiger partial charge on any atom is 0.306 e. The van der Waals surface area contributed by atoms with Crippen LogP contribution < -0.4 is 15.4 Å². The van der Waals surface area contributed by atoms with Gasteiger partial charge in [0.15, 0.2) is 0 Å². The molecule has 1 unspecified atom stereocenters. The van der Waals surface area contributed by atoms with Crippen LogP contribution in [-0.2, 0) is 9.53 Å². The van der Waals surface area contributed by atoms with Crippen molar-refractivity contribution in [3.63, 3.8) is 0 Å². The second-order valence-corrected chi connectivity index (χ2v) is 9.11. The van der Waals surface area contributed by atoms with E-state index < -0.39 is 17.8 Å². The third kappa shape index (κ3) is 7.32. The van der Waals surface area contributed by atoms with E-state index in [2.05, 4.69) is 10.6 Å². The van der Waals surface area contributed by atoms with Gasteiger partial charge in [-0.1, -0.05) is 11.6 Å². The lowest BCUT2D eigenvalue weighted by Gasteiger charge is -2.26. The van der Waals surface area contributed by atoms with Gasteiger partial charge in [-0.3, -0.25) is 9.59 Å². The fraction of sp³-hybridized carbons (Fsp3) is 0.462. The number of benzene rings is 2. The Labute approximate surface area is 210 Å². The minimum absolute atomic E-state index is 0.239. The average molecular weight is 507 g/mol. The van der Waals surface area contributed by atoms with E-state index in [1.165, 1.54) is 19.2 Å². The van der Waals surface area contributed by atoms with Crippen molar-refractivity contribution >= 4 is 29.2 Å². The fourth-order valence-electron chi connectivity index (χ4n) is 4.34. The fourth-order valence-corrected chi connectivity index (χ4v) is 4.57. The topological polar surface area (TPSA) is 96.9 Å². The maximum absolute atomic E-state index is 14.0. The summed E-state index contributed by atoms with van der Waals surface area (Å²) in [5.74, 6) is -0.857. The van der Waals surface area contributed by atoms with Crippen LogP contribution in [0.5, 0.6) is 5.75 Å². The smallest absolute Gasteiger partial charge is 0.306 e. The van der Waals surface area contributed by atoms with Gasteiger partial charge in [-0.25, -0.2) is 4.39 Å². The van der Waals surface area contributed by atoms with Crippen molar-refractivity contribution in [2.45, 2.75) is 38.6 Å². The van der Waals surface area contributed by atoms with Crippen molar-refractivity contribution in [1.82, 2.24) is 5.32 Å². The largest absolute Gasteiger partial charge is 0.496 e. The van der Waals surface area contributed by atoms with Gasteiger partial charge in [0, 0.05) is 24.3 Å². The van der Waals surface area contributed by atoms with Gasteiger partial charge in [0.2, 0.25) is 0 Å². The number of amides is 1. The van der Waals surface area contributed by atoms with Gasteiger partial charge in [-0.05, 0) is 74.9 Å². The van der Waals surface area contributed by atoms with E-state index in [4.69, 9.17) is 26.2 Å². The molecule has 0 bridgehead atoms. The normalized spacial score (nSPS) is 18.5. The van der Waals surface area contributed by atoms with Crippen LogP contribution in [0.2, 0.25) is 5.02 Å². The zero-order valence-corrected chi connectivity index (χ0v) is 20.7. The number of carbonyl (C=O) groups excluding carboxylic acids is 1. The monoisotopic (exact) mass is 506 g/mol. The number of hydrogen-bond acceptors (Lipinski definition) is 5. The van der Waals surface area contributed by atoms with Crippen LogP contribution in [-0.4, -0.2) is 43.9 Å². The summed E-state index contributed by atoms with van der Waals surface area (Å²) in [7, 11) is 1.52. The Morgan fingerprint density at radius 2 is 1.91 bits per heavy atom. The Kier molecular flexibility index (Phi) is 9.74. The van der Waals surface area contributed by atoms with Gasteiger partial charge in [-0.2, -0.15) is 0 Å². The molecule has 3 rings (SSSR count). The van der Waals surface area contributed by atoms with Gasteiger partial charge in [0.1, 0.15) is 11.6 Å². The molecule has 9 heteroatoms. The van der Waals surface area contributed by atoms with Gasteiger partial charge in [-0.15, -0.1) is 0 Å². The van der Waals surface area contributed by atoms with Crippen molar-refractivity contribution in [2.24, 2.45) is 11.8 Å². The van der Waals surface area contributed by atoms with E-state index in [1.807, 2.05) is 6.92 Å². The van der Waals surface area contributed by atoms with E-state index in [0.717, 1.165) is 12.8 Å². The van der Waals surface area contributed by atoms with Gasteiger partial charge >= 0.3 is 5.97 Å². The molecule has 0 saturated heterocycles. The Hall–Kier alpha value is -2.84. The lowest BCUT2D eigenvalue weighted by molar-refractivity contribution is -0.143. The quantitative estimate of drug-likeness (QED) is 0.383. The molecule has 7 nitrogen and oxygen atoms in total. The van der Waals surface area contributed by atoms with Crippen molar-refractivity contribution in [3.8, 4) is 5.75 Å². The highest BCUT2D eigenvalue weighted by Crippen LogP contribution is 2.33. The van der Waals surface area contributed by atoms with Crippen molar-refractivity contribution in [2.75, 3.05) is 32.2 Å². The third-order valence-corrected chi connectivity index (χ3v) is 6.68. The maximum atomic E-state index is 14.0. The number of halogens is 2. The molecular weight excluding hydrogens is 475 g/mol. The van der Waals surface area contributed by atoms with E-state index >= 15 is 0 Å². The molecule has 35 heavy (non-hydrogen) atoms. The Morgan fingerprint density at radius 1 is 1.17 bits per heavy atom. The molecule has 1 amide bonds. The highest BCUT2D eigenvalue weighted by Gasteiger charge is 2.26. The number of carboxylic acids is 1. The third-order valence-electron chi connectivity index (χ3n) is 6.36. The number of anilines is 1. The molecule has 1 atom stereocenters. The Bertz CT molecular complexity index is 1030. The summed E-state index contributed by atoms with van der Waals surface area (Å²) in [5, 5.41) is 15.7. The van der Waals surface area contributed by atoms with Crippen LogP contribution in [0.1, 0.15) is 54.6 Å². The molecule has 1 saturated carbocycles. The summed E-state index contributed by atoms with van der Waals surface area (Å²) in [5.41, 5.74) is 1.59. The average Bonchev–Trinajstić information content (AvgIpc) is 2.86. The highest BCUT2D eigenvalue weighted by atomic mass is 35.5. The minimum atomic E-state index is -0.741. The molecule has 1 fully saturated rings. The highest BCUT2D eigenvalue weighted by molar-refractivity contribution is 6.33. The number of hydrogen-bond donors (Lipinski definition) is 3. The molecule has 0 heterocycles.